The van der Waals surface area contributed by atoms with E-state index in [4.69, 9.17) is 4.74 Å². The molecule has 4 rings (SSSR count). The maximum absolute atomic E-state index is 12.5. The summed E-state index contributed by atoms with van der Waals surface area (Å²) in [5.74, 6) is -1.45. The van der Waals surface area contributed by atoms with Gasteiger partial charge in [0.2, 0.25) is 11.7 Å². The average Bonchev–Trinajstić information content (AvgIpc) is 3.29. The quantitative estimate of drug-likeness (QED) is 0.698. The number of aromatic nitrogens is 1. The molecule has 8 nitrogen and oxygen atoms in total. The Morgan fingerprint density at radius 1 is 1.20 bits per heavy atom. The number of nitrogens with zero attached hydrogens (tertiary/aromatic N) is 3. The highest BCUT2D eigenvalue weighted by molar-refractivity contribution is 5.97. The van der Waals surface area contributed by atoms with Gasteiger partial charge in [-0.3, -0.25) is 19.4 Å². The molecule has 192 valence electrons. The first-order valence-electron chi connectivity index (χ1n) is 11.7. The molecule has 2 fully saturated rings. The lowest BCUT2D eigenvalue weighted by atomic mass is 10.2. The van der Waals surface area contributed by atoms with Crippen molar-refractivity contribution >= 4 is 23.3 Å². The molecule has 2 saturated heterocycles. The Morgan fingerprint density at radius 2 is 1.94 bits per heavy atom. The zero-order valence-corrected chi connectivity index (χ0v) is 20.9. The minimum atomic E-state index is -0.940. The third kappa shape index (κ3) is 7.97. The molecule has 2 aromatic rings. The van der Waals surface area contributed by atoms with Crippen molar-refractivity contribution in [3.63, 3.8) is 0 Å². The van der Waals surface area contributed by atoms with Crippen LogP contribution in [0.2, 0.25) is 0 Å². The van der Waals surface area contributed by atoms with E-state index in [-0.39, 0.29) is 23.7 Å². The number of likely N-dealkylation sites (N-methyl/N-ethyl adjacent to an activating group) is 1. The zero-order valence-electron chi connectivity index (χ0n) is 20.9. The number of nitrogens with one attached hydrogen (secondary N) is 1. The Kier molecular flexibility index (Phi) is 11.0. The van der Waals surface area contributed by atoms with E-state index in [1.54, 1.807) is 23.2 Å². The number of pyridine rings is 1. The number of hydrogen-bond acceptors (Lipinski definition) is 6. The van der Waals surface area contributed by atoms with Crippen LogP contribution in [-0.4, -0.2) is 67.7 Å². The van der Waals surface area contributed by atoms with Gasteiger partial charge in [0.15, 0.2) is 11.6 Å². The summed E-state index contributed by atoms with van der Waals surface area (Å²) in [4.78, 5) is 32.2. The summed E-state index contributed by atoms with van der Waals surface area (Å²) in [6.07, 6.45) is 2.97. The van der Waals surface area contributed by atoms with Crippen LogP contribution in [0.5, 0.6) is 5.75 Å². The van der Waals surface area contributed by atoms with E-state index in [9.17, 15) is 18.4 Å². The topological polar surface area (TPSA) is 84.0 Å². The largest absolute Gasteiger partial charge is 0.494 e. The fourth-order valence-electron chi connectivity index (χ4n) is 3.54. The molecule has 10 heteroatoms. The van der Waals surface area contributed by atoms with Crippen LogP contribution in [0.25, 0.3) is 0 Å². The molecule has 2 unspecified atom stereocenters. The van der Waals surface area contributed by atoms with Gasteiger partial charge in [-0.05, 0) is 45.0 Å². The van der Waals surface area contributed by atoms with Crippen LogP contribution in [0.15, 0.2) is 36.5 Å². The highest BCUT2D eigenvalue weighted by Gasteiger charge is 2.28. The van der Waals surface area contributed by atoms with Gasteiger partial charge >= 0.3 is 0 Å². The number of carbonyl (C=O) groups is 2. The fourth-order valence-corrected chi connectivity index (χ4v) is 3.54. The zero-order chi connectivity index (χ0) is 26.0. The van der Waals surface area contributed by atoms with E-state index in [0.29, 0.717) is 24.6 Å². The summed E-state index contributed by atoms with van der Waals surface area (Å²) in [5, 5.41) is 2.86. The molecule has 1 aromatic heterocycles. The molecule has 35 heavy (non-hydrogen) atoms. The summed E-state index contributed by atoms with van der Waals surface area (Å²) >= 11 is 0. The van der Waals surface area contributed by atoms with Crippen molar-refractivity contribution in [3.8, 4) is 5.75 Å². The van der Waals surface area contributed by atoms with Crippen molar-refractivity contribution in [1.29, 1.82) is 0 Å². The molecule has 2 aliphatic rings. The molecule has 0 spiro atoms. The number of ether oxygens (including phenoxy) is 2. The summed E-state index contributed by atoms with van der Waals surface area (Å²) in [7, 11) is 3.21. The first kappa shape index (κ1) is 28.1. The number of amides is 2. The predicted octanol–water partition coefficient (Wildman–Crippen LogP) is 3.87. The lowest BCUT2D eigenvalue weighted by molar-refractivity contribution is -0.126. The van der Waals surface area contributed by atoms with Crippen LogP contribution in [0.3, 0.4) is 0 Å². The lowest BCUT2D eigenvalue weighted by Crippen LogP contribution is -2.49. The first-order valence-corrected chi connectivity index (χ1v) is 11.7. The Hall–Kier alpha value is -3.11. The second kappa shape index (κ2) is 13.7. The molecule has 1 aromatic carbocycles. The van der Waals surface area contributed by atoms with Gasteiger partial charge in [0.1, 0.15) is 11.9 Å². The van der Waals surface area contributed by atoms with Gasteiger partial charge in [-0.1, -0.05) is 19.9 Å². The van der Waals surface area contributed by atoms with Crippen molar-refractivity contribution in [2.24, 2.45) is 0 Å². The van der Waals surface area contributed by atoms with Crippen LogP contribution < -0.4 is 15.0 Å². The minimum Gasteiger partial charge on any atom is -0.494 e. The summed E-state index contributed by atoms with van der Waals surface area (Å²) < 4.78 is 34.9. The van der Waals surface area contributed by atoms with Gasteiger partial charge in [-0.15, -0.1) is 0 Å². The molecule has 2 atom stereocenters. The van der Waals surface area contributed by atoms with Gasteiger partial charge in [-0.25, -0.2) is 9.37 Å². The molecule has 0 bridgehead atoms. The number of carbonyl (C=O) groups excluding carboxylic acids is 2. The standard InChI is InChI=1S/C16H22N4O3.C7H6F2O.C2H6/c1-11-3-4-13(23-11)16(22)18-12-5-6-17-14(9-12)20-8-7-19(2)10-15(20)21;1-10-6-4-2-3-5(8)7(6)9;1-2/h5-6,9,11,13H,3-4,7-8,10H2,1-2H3,(H,17,18,22);2-4H,1H3;1-2H3. The number of methoxy groups -OCH3 is 1. The smallest absolute Gasteiger partial charge is 0.253 e. The third-order valence-electron chi connectivity index (χ3n) is 5.36. The van der Waals surface area contributed by atoms with E-state index in [1.165, 1.54) is 19.2 Å². The molecular formula is C25H34F2N4O4. The molecule has 0 aliphatic carbocycles. The third-order valence-corrected chi connectivity index (χ3v) is 5.36. The Morgan fingerprint density at radius 3 is 2.54 bits per heavy atom. The van der Waals surface area contributed by atoms with E-state index < -0.39 is 17.7 Å². The SMILES string of the molecule is CC.CC1CCC(C(=O)Nc2ccnc(N3CCN(C)CC3=O)c2)O1.COc1cccc(F)c1F. The van der Waals surface area contributed by atoms with E-state index >= 15 is 0 Å². The summed E-state index contributed by atoms with van der Waals surface area (Å²) in [6, 6.07) is 7.24. The van der Waals surface area contributed by atoms with Crippen molar-refractivity contribution in [3.05, 3.63) is 48.2 Å². The average molecular weight is 493 g/mol. The first-order chi connectivity index (χ1) is 16.8. The maximum atomic E-state index is 12.5. The number of rotatable bonds is 4. The monoisotopic (exact) mass is 492 g/mol. The Balaban J connectivity index is 0.000000302. The van der Waals surface area contributed by atoms with Crippen LogP contribution in [0.4, 0.5) is 20.3 Å². The van der Waals surface area contributed by atoms with Gasteiger partial charge < -0.3 is 14.8 Å². The van der Waals surface area contributed by atoms with Crippen molar-refractivity contribution < 1.29 is 27.8 Å². The fraction of sp³-hybridized carbons (Fsp3) is 0.480. The van der Waals surface area contributed by atoms with Crippen LogP contribution >= 0.6 is 0 Å². The number of hydrogen-bond donors (Lipinski definition) is 1. The Bertz CT molecular complexity index is 992. The highest BCUT2D eigenvalue weighted by Crippen LogP contribution is 2.22. The molecule has 0 saturated carbocycles. The number of anilines is 2. The predicted molar refractivity (Wildman–Crippen MR) is 131 cm³/mol. The number of benzene rings is 1. The van der Waals surface area contributed by atoms with E-state index in [2.05, 4.69) is 15.0 Å². The molecule has 2 aliphatic heterocycles. The summed E-state index contributed by atoms with van der Waals surface area (Å²) in [5.41, 5.74) is 0.634. The van der Waals surface area contributed by atoms with Gasteiger partial charge in [0.05, 0.1) is 19.8 Å². The molecule has 3 heterocycles. The van der Waals surface area contributed by atoms with Crippen molar-refractivity contribution in [2.75, 3.05) is 44.0 Å². The normalized spacial score (nSPS) is 19.7. The minimum absolute atomic E-state index is 0.0164. The molecular weight excluding hydrogens is 458 g/mol. The van der Waals surface area contributed by atoms with Gasteiger partial charge in [0.25, 0.3) is 5.91 Å². The molecule has 2 amide bonds. The second-order valence-corrected chi connectivity index (χ2v) is 7.94. The maximum Gasteiger partial charge on any atom is 0.253 e. The van der Waals surface area contributed by atoms with Gasteiger partial charge in [0, 0.05) is 31.0 Å². The van der Waals surface area contributed by atoms with Crippen LogP contribution in [0.1, 0.15) is 33.6 Å². The second-order valence-electron chi connectivity index (χ2n) is 7.94. The van der Waals surface area contributed by atoms with Crippen molar-refractivity contribution in [1.82, 2.24) is 9.88 Å². The molecule has 1 N–H and O–H groups in total. The lowest BCUT2D eigenvalue weighted by Gasteiger charge is -2.31. The van der Waals surface area contributed by atoms with E-state index in [0.717, 1.165) is 25.5 Å². The van der Waals surface area contributed by atoms with Crippen LogP contribution in [-0.2, 0) is 14.3 Å². The highest BCUT2D eigenvalue weighted by atomic mass is 19.2. The van der Waals surface area contributed by atoms with Crippen molar-refractivity contribution in [2.45, 2.75) is 45.8 Å². The van der Waals surface area contributed by atoms with Gasteiger partial charge in [-0.2, -0.15) is 4.39 Å². The Labute approximate surface area is 205 Å². The summed E-state index contributed by atoms with van der Waals surface area (Å²) in [6.45, 7) is 7.75. The number of piperazine rings is 1. The molecule has 0 radical (unpaired) electrons. The van der Waals surface area contributed by atoms with E-state index in [1.807, 2.05) is 32.7 Å². The number of halogens is 2. The van der Waals surface area contributed by atoms with Crippen LogP contribution in [0, 0.1) is 11.6 Å².